The molecule has 0 saturated heterocycles. The molecule has 9 heteroatoms. The Bertz CT molecular complexity index is 1160. The molecule has 0 aliphatic carbocycles. The van der Waals surface area contributed by atoms with Crippen LogP contribution in [0.1, 0.15) is 33.3 Å². The van der Waals surface area contributed by atoms with Crippen LogP contribution < -0.4 is 30.7 Å². The Morgan fingerprint density at radius 3 is 2.62 bits per heavy atom. The van der Waals surface area contributed by atoms with Crippen LogP contribution in [0.25, 0.3) is 0 Å². The van der Waals surface area contributed by atoms with Gasteiger partial charge in [0, 0.05) is 18.7 Å². The lowest BCUT2D eigenvalue weighted by atomic mass is 10.1. The Morgan fingerprint density at radius 2 is 1.97 bits per heavy atom. The summed E-state index contributed by atoms with van der Waals surface area (Å²) in [5.41, 5.74) is 8.30. The van der Waals surface area contributed by atoms with E-state index in [4.69, 9.17) is 15.2 Å². The van der Waals surface area contributed by atoms with E-state index in [2.05, 4.69) is 22.2 Å². The highest BCUT2D eigenvalue weighted by Crippen LogP contribution is 2.36. The van der Waals surface area contributed by atoms with Crippen molar-refractivity contribution in [2.45, 2.75) is 13.5 Å². The van der Waals surface area contributed by atoms with Crippen LogP contribution in [0.5, 0.6) is 11.5 Å². The van der Waals surface area contributed by atoms with Gasteiger partial charge in [0.1, 0.15) is 11.5 Å². The summed E-state index contributed by atoms with van der Waals surface area (Å²) in [7, 11) is 3.06. The van der Waals surface area contributed by atoms with E-state index < -0.39 is 5.91 Å². The minimum atomic E-state index is -0.410. The zero-order valence-electron chi connectivity index (χ0n) is 19.6. The number of nitrogens with two attached hydrogens (primary N) is 1. The molecular weight excluding hydrogens is 434 g/mol. The van der Waals surface area contributed by atoms with Crippen LogP contribution in [0.15, 0.2) is 66.5 Å². The Hall–Kier alpha value is -4.11. The predicted molar refractivity (Wildman–Crippen MR) is 131 cm³/mol. The van der Waals surface area contributed by atoms with E-state index in [1.165, 1.54) is 12.0 Å². The van der Waals surface area contributed by atoms with Gasteiger partial charge in [-0.05, 0) is 42.8 Å². The molecule has 0 saturated carbocycles. The Morgan fingerprint density at radius 1 is 1.24 bits per heavy atom. The van der Waals surface area contributed by atoms with Gasteiger partial charge in [-0.3, -0.25) is 14.5 Å². The second-order valence-electron chi connectivity index (χ2n) is 7.32. The normalized spacial score (nSPS) is 13.4. The van der Waals surface area contributed by atoms with Gasteiger partial charge < -0.3 is 25.8 Å². The highest BCUT2D eigenvalue weighted by Gasteiger charge is 2.31. The van der Waals surface area contributed by atoms with Gasteiger partial charge in [-0.2, -0.15) is 0 Å². The number of hydrogen-bond acceptors (Lipinski definition) is 7. The maximum absolute atomic E-state index is 13.1. The Kier molecular flexibility index (Phi) is 8.05. The summed E-state index contributed by atoms with van der Waals surface area (Å²) in [4.78, 5) is 32.0. The van der Waals surface area contributed by atoms with Gasteiger partial charge in [0.15, 0.2) is 11.5 Å². The number of carbonyl (C=O) groups is 2. The first-order chi connectivity index (χ1) is 16.5. The quantitative estimate of drug-likeness (QED) is 0.463. The summed E-state index contributed by atoms with van der Waals surface area (Å²) in [6.07, 6.45) is 5.13. The molecule has 0 fully saturated rings. The first-order valence-corrected chi connectivity index (χ1v) is 10.8. The molecule has 0 atom stereocenters. The summed E-state index contributed by atoms with van der Waals surface area (Å²) in [6.45, 7) is 6.80. The first kappa shape index (κ1) is 24.5. The molecule has 0 spiro atoms. The predicted octanol–water partition coefficient (Wildman–Crippen LogP) is 2.51. The molecule has 1 aromatic heterocycles. The molecular formula is C25H29N5O4. The molecule has 3 rings (SSSR count). The number of nitrogens with zero attached hydrogens (tertiary/aromatic N) is 2. The molecule has 0 unspecified atom stereocenters. The fraction of sp³-hybridized carbons (Fsp3) is 0.240. The molecule has 1 aliphatic heterocycles. The van der Waals surface area contributed by atoms with Gasteiger partial charge in [-0.25, -0.2) is 4.98 Å². The van der Waals surface area contributed by atoms with Gasteiger partial charge in [-0.1, -0.05) is 24.8 Å². The zero-order chi connectivity index (χ0) is 24.7. The average molecular weight is 464 g/mol. The van der Waals surface area contributed by atoms with Gasteiger partial charge in [0.25, 0.3) is 11.8 Å². The number of carbonyl (C=O) groups excluding carboxylic acids is 2. The number of nitrogens with one attached hydrogen (secondary N) is 2. The molecule has 4 N–H and O–H groups in total. The third-order valence-corrected chi connectivity index (χ3v) is 5.23. The molecule has 2 amide bonds. The minimum Gasteiger partial charge on any atom is -0.493 e. The van der Waals surface area contributed by atoms with Gasteiger partial charge >= 0.3 is 0 Å². The van der Waals surface area contributed by atoms with Gasteiger partial charge in [0.05, 0.1) is 32.2 Å². The summed E-state index contributed by atoms with van der Waals surface area (Å²) >= 11 is 0. The summed E-state index contributed by atoms with van der Waals surface area (Å²) in [6, 6.07) is 8.42. The fourth-order valence-corrected chi connectivity index (χ4v) is 3.57. The van der Waals surface area contributed by atoms with Crippen molar-refractivity contribution in [1.82, 2.24) is 15.6 Å². The summed E-state index contributed by atoms with van der Waals surface area (Å²) in [5.74, 6) is 0.756. The highest BCUT2D eigenvalue weighted by atomic mass is 16.5. The number of amides is 2. The van der Waals surface area contributed by atoms with E-state index in [1.54, 1.807) is 55.7 Å². The van der Waals surface area contributed by atoms with E-state index in [9.17, 15) is 9.59 Å². The fourth-order valence-electron chi connectivity index (χ4n) is 3.57. The lowest BCUT2D eigenvalue weighted by molar-refractivity contribution is 0.0957. The van der Waals surface area contributed by atoms with Crippen molar-refractivity contribution in [3.63, 3.8) is 0 Å². The Labute approximate surface area is 198 Å². The van der Waals surface area contributed by atoms with Crippen LogP contribution in [-0.2, 0) is 6.54 Å². The van der Waals surface area contributed by atoms with E-state index >= 15 is 0 Å². The van der Waals surface area contributed by atoms with Crippen molar-refractivity contribution >= 4 is 17.6 Å². The first-order valence-electron chi connectivity index (χ1n) is 10.8. The molecule has 178 valence electrons. The molecule has 1 aliphatic rings. The smallest absolute Gasteiger partial charge is 0.274 e. The van der Waals surface area contributed by atoms with Crippen LogP contribution in [0, 0.1) is 0 Å². The van der Waals surface area contributed by atoms with Crippen molar-refractivity contribution in [2.24, 2.45) is 5.73 Å². The molecule has 34 heavy (non-hydrogen) atoms. The molecule has 0 radical (unpaired) electrons. The molecule has 9 nitrogen and oxygen atoms in total. The number of fused-ring (bicyclic) bond motifs is 1. The maximum Gasteiger partial charge on any atom is 0.274 e. The third-order valence-electron chi connectivity index (χ3n) is 5.23. The zero-order valence-corrected chi connectivity index (χ0v) is 19.6. The number of methoxy groups -OCH3 is 2. The number of ether oxygens (including phenoxy) is 2. The standard InChI is InChI=1S/C25H29N5O4/c1-5-8-19(27-12-11-26)18(6-2)29-24(31)20-9-7-10-23(28-20)30-15-16-13-21(33-3)22(34-4)14-17(16)25(30)32/h5-10,13-14,27H,1,11-12,15,26H2,2-4H3,(H,29,31)/b18-6+,19-8+. The van der Waals surface area contributed by atoms with Crippen molar-refractivity contribution in [3.05, 3.63) is 83.4 Å². The SMILES string of the molecule is C=C/C=C(NCCN)\C(=C/C)NC(=O)c1cccc(N2Cc3cc(OC)c(OC)cc3C2=O)n1. The molecule has 2 heterocycles. The van der Waals surface area contributed by atoms with Crippen molar-refractivity contribution in [1.29, 1.82) is 0 Å². The lowest BCUT2D eigenvalue weighted by Gasteiger charge is -2.17. The summed E-state index contributed by atoms with van der Waals surface area (Å²) < 4.78 is 10.7. The average Bonchev–Trinajstić information content (AvgIpc) is 3.19. The largest absolute Gasteiger partial charge is 0.493 e. The van der Waals surface area contributed by atoms with Crippen LogP contribution in [0.2, 0.25) is 0 Å². The van der Waals surface area contributed by atoms with Crippen molar-refractivity contribution < 1.29 is 19.1 Å². The van der Waals surface area contributed by atoms with Gasteiger partial charge in [-0.15, -0.1) is 0 Å². The number of aromatic nitrogens is 1. The third kappa shape index (κ3) is 5.10. The van der Waals surface area contributed by atoms with Crippen LogP contribution in [0.3, 0.4) is 0 Å². The number of pyridine rings is 1. The van der Waals surface area contributed by atoms with Crippen LogP contribution in [-0.4, -0.2) is 44.1 Å². The monoisotopic (exact) mass is 463 g/mol. The number of allylic oxidation sites excluding steroid dienone is 3. The van der Waals surface area contributed by atoms with Gasteiger partial charge in [0.2, 0.25) is 0 Å². The van der Waals surface area contributed by atoms with E-state index in [0.29, 0.717) is 53.9 Å². The van der Waals surface area contributed by atoms with Crippen molar-refractivity contribution in [3.8, 4) is 11.5 Å². The van der Waals surface area contributed by atoms with E-state index in [0.717, 1.165) is 5.56 Å². The number of benzene rings is 1. The molecule has 0 bridgehead atoms. The van der Waals surface area contributed by atoms with E-state index in [1.807, 2.05) is 6.92 Å². The molecule has 1 aromatic carbocycles. The maximum atomic E-state index is 13.1. The van der Waals surface area contributed by atoms with Crippen LogP contribution >= 0.6 is 0 Å². The van der Waals surface area contributed by atoms with Crippen LogP contribution in [0.4, 0.5) is 5.82 Å². The number of anilines is 1. The Balaban J connectivity index is 1.83. The minimum absolute atomic E-state index is 0.174. The number of hydrogen-bond donors (Lipinski definition) is 3. The highest BCUT2D eigenvalue weighted by molar-refractivity contribution is 6.10. The lowest BCUT2D eigenvalue weighted by Crippen LogP contribution is -2.31. The number of rotatable bonds is 10. The van der Waals surface area contributed by atoms with Crippen molar-refractivity contribution in [2.75, 3.05) is 32.2 Å². The summed E-state index contributed by atoms with van der Waals surface area (Å²) in [5, 5.41) is 6.01. The second kappa shape index (κ2) is 11.2. The topological polar surface area (TPSA) is 119 Å². The van der Waals surface area contributed by atoms with E-state index in [-0.39, 0.29) is 11.6 Å². The molecule has 2 aromatic rings. The second-order valence-corrected chi connectivity index (χ2v) is 7.32.